The first-order chi connectivity index (χ1) is 16.3. The van der Waals surface area contributed by atoms with Crippen molar-refractivity contribution in [3.8, 4) is 0 Å². The lowest BCUT2D eigenvalue weighted by molar-refractivity contribution is -0.169. The van der Waals surface area contributed by atoms with Gasteiger partial charge in [0.25, 0.3) is 0 Å². The van der Waals surface area contributed by atoms with Crippen LogP contribution >= 0.6 is 0 Å². The Balaban J connectivity index is 1.23. The number of piperazine rings is 1. The molecule has 196 valence electrons. The van der Waals surface area contributed by atoms with Crippen LogP contribution in [0.3, 0.4) is 0 Å². The SMILES string of the molecule is CN[C@H]1CC[C@@]2(C)[C@H](CC[C@@H]3[C@@H]2C[C@H](O)[C@]2(C)[C@@H]([C@H](C)CCCN4CCN(C)CC4)CC[C@@H]32)C1. The summed E-state index contributed by atoms with van der Waals surface area (Å²) in [4.78, 5) is 5.13. The summed E-state index contributed by atoms with van der Waals surface area (Å²) in [5, 5.41) is 15.4. The van der Waals surface area contributed by atoms with E-state index in [1.54, 1.807) is 0 Å². The molecule has 0 bridgehead atoms. The second-order valence-corrected chi connectivity index (χ2v) is 14.0. The molecule has 0 unspecified atom stereocenters. The number of rotatable bonds is 6. The van der Waals surface area contributed by atoms with Crippen LogP contribution in [0.15, 0.2) is 0 Å². The normalized spacial score (nSPS) is 48.7. The van der Waals surface area contributed by atoms with E-state index in [1.807, 2.05) is 0 Å². The van der Waals surface area contributed by atoms with Crippen molar-refractivity contribution in [2.45, 2.75) is 97.1 Å². The fourth-order valence-corrected chi connectivity index (χ4v) is 10.4. The molecule has 34 heavy (non-hydrogen) atoms. The molecule has 10 atom stereocenters. The Morgan fingerprint density at radius 3 is 2.47 bits per heavy atom. The van der Waals surface area contributed by atoms with Gasteiger partial charge >= 0.3 is 0 Å². The maximum atomic E-state index is 11.8. The maximum Gasteiger partial charge on any atom is 0.0602 e. The highest BCUT2D eigenvalue weighted by atomic mass is 16.3. The molecule has 4 aliphatic carbocycles. The number of hydrogen-bond donors (Lipinski definition) is 2. The van der Waals surface area contributed by atoms with Crippen LogP contribution in [0.1, 0.15) is 85.0 Å². The fourth-order valence-electron chi connectivity index (χ4n) is 10.4. The van der Waals surface area contributed by atoms with Crippen LogP contribution in [-0.2, 0) is 0 Å². The third-order valence-corrected chi connectivity index (χ3v) is 12.7. The number of likely N-dealkylation sites (N-methyl/N-ethyl adjacent to an activating group) is 1. The van der Waals surface area contributed by atoms with Gasteiger partial charge < -0.3 is 20.2 Å². The van der Waals surface area contributed by atoms with Crippen LogP contribution in [-0.4, -0.2) is 73.9 Å². The molecule has 5 fully saturated rings. The topological polar surface area (TPSA) is 38.7 Å². The summed E-state index contributed by atoms with van der Waals surface area (Å²) < 4.78 is 0. The van der Waals surface area contributed by atoms with E-state index in [2.05, 4.69) is 50.0 Å². The van der Waals surface area contributed by atoms with E-state index in [-0.39, 0.29) is 11.5 Å². The van der Waals surface area contributed by atoms with Gasteiger partial charge in [-0.25, -0.2) is 0 Å². The molecule has 5 rings (SSSR count). The molecule has 1 saturated heterocycles. The summed E-state index contributed by atoms with van der Waals surface area (Å²) in [6.45, 7) is 13.9. The average molecular weight is 474 g/mol. The largest absolute Gasteiger partial charge is 0.393 e. The van der Waals surface area contributed by atoms with Crippen LogP contribution in [0, 0.1) is 46.3 Å². The maximum absolute atomic E-state index is 11.8. The van der Waals surface area contributed by atoms with Gasteiger partial charge in [0.1, 0.15) is 0 Å². The molecular formula is C30H55N3O. The van der Waals surface area contributed by atoms with Gasteiger partial charge in [0.15, 0.2) is 0 Å². The molecule has 5 aliphatic rings. The van der Waals surface area contributed by atoms with Crippen LogP contribution in [0.4, 0.5) is 0 Å². The highest BCUT2D eigenvalue weighted by molar-refractivity contribution is 5.12. The summed E-state index contributed by atoms with van der Waals surface area (Å²) in [6, 6.07) is 0.718. The van der Waals surface area contributed by atoms with Gasteiger partial charge in [-0.1, -0.05) is 20.8 Å². The highest BCUT2D eigenvalue weighted by Crippen LogP contribution is 2.68. The van der Waals surface area contributed by atoms with E-state index in [0.29, 0.717) is 11.3 Å². The van der Waals surface area contributed by atoms with Crippen LogP contribution in [0.2, 0.25) is 0 Å². The van der Waals surface area contributed by atoms with Gasteiger partial charge in [0, 0.05) is 32.2 Å². The van der Waals surface area contributed by atoms with Gasteiger partial charge in [-0.3, -0.25) is 0 Å². The van der Waals surface area contributed by atoms with Crippen molar-refractivity contribution in [2.75, 3.05) is 46.8 Å². The Kier molecular flexibility index (Phi) is 7.46. The summed E-state index contributed by atoms with van der Waals surface area (Å²) in [5.74, 6) is 4.69. The molecule has 4 saturated carbocycles. The Bertz CT molecular complexity index is 693. The number of hydrogen-bond acceptors (Lipinski definition) is 4. The predicted molar refractivity (Wildman–Crippen MR) is 142 cm³/mol. The smallest absolute Gasteiger partial charge is 0.0602 e. The molecule has 2 N–H and O–H groups in total. The standard InChI is InChI=1S/C30H55N3O/c1-21(7-6-14-33-17-15-32(5)16-18-33)25-10-11-26-24-9-8-22-19-23(31-4)12-13-29(22,2)27(24)20-28(34)30(25,26)3/h21-28,31,34H,6-20H2,1-5H3/t21-,22-,23+,24+,25-,26+,27+,28+,29+,30-/m1/s1. The Hall–Kier alpha value is -0.160. The molecule has 0 amide bonds. The molecule has 1 aliphatic heterocycles. The highest BCUT2D eigenvalue weighted by Gasteiger charge is 2.63. The lowest BCUT2D eigenvalue weighted by Crippen LogP contribution is -2.59. The van der Waals surface area contributed by atoms with Gasteiger partial charge in [0.2, 0.25) is 0 Å². The predicted octanol–water partition coefficient (Wildman–Crippen LogP) is 4.87. The number of nitrogens with one attached hydrogen (secondary N) is 1. The van der Waals surface area contributed by atoms with Gasteiger partial charge in [-0.15, -0.1) is 0 Å². The van der Waals surface area contributed by atoms with Crippen molar-refractivity contribution in [3.05, 3.63) is 0 Å². The third-order valence-electron chi connectivity index (χ3n) is 12.7. The quantitative estimate of drug-likeness (QED) is 0.577. The first kappa shape index (κ1) is 25.5. The molecule has 0 aromatic heterocycles. The van der Waals surface area contributed by atoms with Gasteiger partial charge in [-0.2, -0.15) is 0 Å². The Morgan fingerprint density at radius 2 is 1.74 bits per heavy atom. The number of nitrogens with zero attached hydrogens (tertiary/aromatic N) is 2. The first-order valence-electron chi connectivity index (χ1n) is 15.0. The van der Waals surface area contributed by atoms with Crippen molar-refractivity contribution < 1.29 is 5.11 Å². The van der Waals surface area contributed by atoms with Gasteiger partial charge in [-0.05, 0) is 131 Å². The lowest BCUT2D eigenvalue weighted by atomic mass is 9.43. The van der Waals surface area contributed by atoms with E-state index >= 15 is 0 Å². The minimum Gasteiger partial charge on any atom is -0.393 e. The molecule has 0 radical (unpaired) electrons. The van der Waals surface area contributed by atoms with Crippen molar-refractivity contribution in [1.82, 2.24) is 15.1 Å². The first-order valence-corrected chi connectivity index (χ1v) is 15.0. The second kappa shape index (κ2) is 9.95. The van der Waals surface area contributed by atoms with Crippen LogP contribution < -0.4 is 5.32 Å². The Morgan fingerprint density at radius 1 is 0.971 bits per heavy atom. The van der Waals surface area contributed by atoms with Gasteiger partial charge in [0.05, 0.1) is 6.10 Å². The van der Waals surface area contributed by atoms with E-state index < -0.39 is 0 Å². The molecule has 0 aromatic rings. The van der Waals surface area contributed by atoms with E-state index in [4.69, 9.17) is 0 Å². The molecule has 4 heteroatoms. The molecule has 4 nitrogen and oxygen atoms in total. The summed E-state index contributed by atoms with van der Waals surface area (Å²) in [6.07, 6.45) is 13.3. The molecule has 1 heterocycles. The molecule has 0 aromatic carbocycles. The number of aliphatic hydroxyl groups is 1. The summed E-state index contributed by atoms with van der Waals surface area (Å²) >= 11 is 0. The van der Waals surface area contributed by atoms with Crippen molar-refractivity contribution in [1.29, 1.82) is 0 Å². The molecular weight excluding hydrogens is 418 g/mol. The minimum atomic E-state index is -0.0936. The minimum absolute atomic E-state index is 0.0936. The van der Waals surface area contributed by atoms with Crippen molar-refractivity contribution in [2.24, 2.45) is 46.3 Å². The van der Waals surface area contributed by atoms with E-state index in [1.165, 1.54) is 90.5 Å². The van der Waals surface area contributed by atoms with E-state index in [9.17, 15) is 5.11 Å². The number of aliphatic hydroxyl groups excluding tert-OH is 1. The third kappa shape index (κ3) is 4.31. The summed E-state index contributed by atoms with van der Waals surface area (Å²) in [7, 11) is 4.40. The zero-order valence-electron chi connectivity index (χ0n) is 23.1. The van der Waals surface area contributed by atoms with Crippen molar-refractivity contribution in [3.63, 3.8) is 0 Å². The zero-order valence-corrected chi connectivity index (χ0v) is 23.1. The van der Waals surface area contributed by atoms with Crippen LogP contribution in [0.5, 0.6) is 0 Å². The average Bonchev–Trinajstić information content (AvgIpc) is 3.19. The number of fused-ring (bicyclic) bond motifs is 5. The monoisotopic (exact) mass is 473 g/mol. The van der Waals surface area contributed by atoms with Crippen molar-refractivity contribution >= 4 is 0 Å². The zero-order chi connectivity index (χ0) is 24.1. The fraction of sp³-hybridized carbons (Fsp3) is 1.00. The van der Waals surface area contributed by atoms with E-state index in [0.717, 1.165) is 42.1 Å². The lowest BCUT2D eigenvalue weighted by Gasteiger charge is -2.62. The second-order valence-electron chi connectivity index (χ2n) is 14.0. The molecule has 0 spiro atoms. The Labute approximate surface area is 210 Å². The summed E-state index contributed by atoms with van der Waals surface area (Å²) in [5.41, 5.74) is 0.616. The van der Waals surface area contributed by atoms with Crippen LogP contribution in [0.25, 0.3) is 0 Å².